The first-order chi connectivity index (χ1) is 12.0. The van der Waals surface area contributed by atoms with Gasteiger partial charge in [-0.05, 0) is 50.6 Å². The summed E-state index contributed by atoms with van der Waals surface area (Å²) >= 11 is 0. The molecule has 0 saturated heterocycles. The highest BCUT2D eigenvalue weighted by Gasteiger charge is 2.24. The van der Waals surface area contributed by atoms with E-state index in [1.165, 1.54) is 0 Å². The number of aromatic amines is 2. The van der Waals surface area contributed by atoms with Gasteiger partial charge in [-0.1, -0.05) is 12.1 Å². The molecule has 4 rings (SSSR count). The molecule has 0 aliphatic rings. The molecule has 2 aromatic heterocycles. The first-order valence-electron chi connectivity index (χ1n) is 8.44. The Hall–Kier alpha value is -2.79. The lowest BCUT2D eigenvalue weighted by Crippen LogP contribution is -2.11. The summed E-state index contributed by atoms with van der Waals surface area (Å²) < 4.78 is 6.00. The Morgan fingerprint density at radius 1 is 1.16 bits per heavy atom. The molecule has 4 aromatic rings. The van der Waals surface area contributed by atoms with Gasteiger partial charge in [-0.2, -0.15) is 0 Å². The molecule has 5 nitrogen and oxygen atoms in total. The summed E-state index contributed by atoms with van der Waals surface area (Å²) in [6.07, 6.45) is 0.989. The monoisotopic (exact) mass is 335 g/mol. The zero-order valence-corrected chi connectivity index (χ0v) is 14.5. The van der Waals surface area contributed by atoms with Crippen molar-refractivity contribution in [1.82, 2.24) is 15.0 Å². The summed E-state index contributed by atoms with van der Waals surface area (Å²) in [6, 6.07) is 11.7. The summed E-state index contributed by atoms with van der Waals surface area (Å²) in [6.45, 7) is 5.99. The van der Waals surface area contributed by atoms with Gasteiger partial charge in [0.05, 0.1) is 17.1 Å². The summed E-state index contributed by atoms with van der Waals surface area (Å²) in [4.78, 5) is 11.0. The smallest absolute Gasteiger partial charge is 0.141 e. The second-order valence-electron chi connectivity index (χ2n) is 6.58. The van der Waals surface area contributed by atoms with Gasteiger partial charge in [-0.15, -0.1) is 0 Å². The molecular weight excluding hydrogens is 314 g/mol. The van der Waals surface area contributed by atoms with E-state index in [1.807, 2.05) is 63.4 Å². The van der Waals surface area contributed by atoms with Crippen LogP contribution in [0.1, 0.15) is 36.9 Å². The average molecular weight is 335 g/mol. The van der Waals surface area contributed by atoms with Crippen LogP contribution in [0.2, 0.25) is 0 Å². The van der Waals surface area contributed by atoms with Gasteiger partial charge in [-0.25, -0.2) is 4.98 Å². The van der Waals surface area contributed by atoms with Crippen molar-refractivity contribution in [3.63, 3.8) is 0 Å². The van der Waals surface area contributed by atoms with E-state index in [0.29, 0.717) is 11.6 Å². The van der Waals surface area contributed by atoms with Crippen molar-refractivity contribution in [3.05, 3.63) is 59.5 Å². The number of rotatable bonds is 4. The van der Waals surface area contributed by atoms with E-state index in [9.17, 15) is 5.11 Å². The number of nitrogens with zero attached hydrogens (tertiary/aromatic N) is 1. The Balaban J connectivity index is 1.91. The van der Waals surface area contributed by atoms with Crippen LogP contribution in [0.3, 0.4) is 0 Å². The Bertz CT molecular complexity index is 1010. The highest BCUT2D eigenvalue weighted by Crippen LogP contribution is 2.38. The van der Waals surface area contributed by atoms with E-state index in [2.05, 4.69) is 15.0 Å². The SMILES string of the molecule is Cc1cc(OC(C)C)c(C(O)c2nc3ccccc3[nH]2)c2cc[nH]c12. The molecule has 0 bridgehead atoms. The fourth-order valence-corrected chi connectivity index (χ4v) is 3.27. The molecule has 0 spiro atoms. The van der Waals surface area contributed by atoms with Crippen LogP contribution < -0.4 is 4.74 Å². The molecule has 2 aromatic carbocycles. The van der Waals surface area contributed by atoms with Crippen LogP contribution in [-0.2, 0) is 0 Å². The third-order valence-corrected chi connectivity index (χ3v) is 4.35. The second-order valence-corrected chi connectivity index (χ2v) is 6.58. The van der Waals surface area contributed by atoms with Crippen LogP contribution in [0.5, 0.6) is 5.75 Å². The van der Waals surface area contributed by atoms with E-state index in [-0.39, 0.29) is 6.10 Å². The van der Waals surface area contributed by atoms with Crippen molar-refractivity contribution in [2.75, 3.05) is 0 Å². The van der Waals surface area contributed by atoms with Gasteiger partial charge in [-0.3, -0.25) is 0 Å². The van der Waals surface area contributed by atoms with Crippen LogP contribution in [-0.4, -0.2) is 26.2 Å². The van der Waals surface area contributed by atoms with Gasteiger partial charge in [0.1, 0.15) is 17.7 Å². The maximum absolute atomic E-state index is 11.1. The number of aryl methyl sites for hydroxylation is 1. The number of aliphatic hydroxyl groups is 1. The number of aliphatic hydroxyl groups excluding tert-OH is 1. The second kappa shape index (κ2) is 5.93. The first-order valence-corrected chi connectivity index (χ1v) is 8.44. The first kappa shape index (κ1) is 15.7. The van der Waals surface area contributed by atoms with Crippen LogP contribution in [0, 0.1) is 6.92 Å². The Kier molecular flexibility index (Phi) is 3.73. The van der Waals surface area contributed by atoms with E-state index in [1.54, 1.807) is 0 Å². The molecule has 1 unspecified atom stereocenters. The number of hydrogen-bond acceptors (Lipinski definition) is 3. The fraction of sp³-hybridized carbons (Fsp3) is 0.250. The maximum atomic E-state index is 11.1. The van der Waals surface area contributed by atoms with Gasteiger partial charge >= 0.3 is 0 Å². The quantitative estimate of drug-likeness (QED) is 0.523. The normalized spacial score (nSPS) is 13.0. The third-order valence-electron chi connectivity index (χ3n) is 4.35. The number of fused-ring (bicyclic) bond motifs is 2. The van der Waals surface area contributed by atoms with Gasteiger partial charge in [0, 0.05) is 22.7 Å². The van der Waals surface area contributed by atoms with Gasteiger partial charge in [0.25, 0.3) is 0 Å². The maximum Gasteiger partial charge on any atom is 0.141 e. The lowest BCUT2D eigenvalue weighted by Gasteiger charge is -2.19. The molecule has 25 heavy (non-hydrogen) atoms. The summed E-state index contributed by atoms with van der Waals surface area (Å²) in [5, 5.41) is 12.1. The third kappa shape index (κ3) is 2.66. The van der Waals surface area contributed by atoms with Crippen molar-refractivity contribution in [3.8, 4) is 5.75 Å². The summed E-state index contributed by atoms with van der Waals surface area (Å²) in [5.74, 6) is 1.20. The topological polar surface area (TPSA) is 73.9 Å². The minimum Gasteiger partial charge on any atom is -0.491 e. The zero-order chi connectivity index (χ0) is 17.6. The van der Waals surface area contributed by atoms with E-state index < -0.39 is 6.10 Å². The highest BCUT2D eigenvalue weighted by molar-refractivity contribution is 5.89. The number of ether oxygens (including phenoxy) is 1. The number of imidazole rings is 1. The van der Waals surface area contributed by atoms with Crippen molar-refractivity contribution in [2.45, 2.75) is 33.0 Å². The standard InChI is InChI=1S/C20H21N3O2/c1-11(2)25-16-10-12(3)18-13(8-9-21-18)17(16)19(24)20-22-14-6-4-5-7-15(14)23-20/h4-11,19,21,24H,1-3H3,(H,22,23). The number of para-hydroxylation sites is 2. The number of H-pyrrole nitrogens is 2. The van der Waals surface area contributed by atoms with Crippen molar-refractivity contribution >= 4 is 21.9 Å². The fourth-order valence-electron chi connectivity index (χ4n) is 3.27. The van der Waals surface area contributed by atoms with Crippen LogP contribution in [0.25, 0.3) is 21.9 Å². The Labute approximate surface area is 145 Å². The molecule has 5 heteroatoms. The molecule has 0 radical (unpaired) electrons. The molecule has 0 fully saturated rings. The molecular formula is C20H21N3O2. The van der Waals surface area contributed by atoms with Gasteiger partial charge < -0.3 is 19.8 Å². The number of aromatic nitrogens is 3. The van der Waals surface area contributed by atoms with E-state index in [0.717, 1.165) is 33.1 Å². The molecule has 0 saturated carbocycles. The molecule has 1 atom stereocenters. The minimum absolute atomic E-state index is 0.0115. The molecule has 128 valence electrons. The van der Waals surface area contributed by atoms with E-state index in [4.69, 9.17) is 4.74 Å². The molecule has 0 amide bonds. The van der Waals surface area contributed by atoms with Crippen molar-refractivity contribution < 1.29 is 9.84 Å². The van der Waals surface area contributed by atoms with Crippen LogP contribution in [0.15, 0.2) is 42.6 Å². The lowest BCUT2D eigenvalue weighted by atomic mass is 10.00. The Morgan fingerprint density at radius 2 is 1.96 bits per heavy atom. The number of hydrogen-bond donors (Lipinski definition) is 3. The number of benzene rings is 2. The van der Waals surface area contributed by atoms with Crippen molar-refractivity contribution in [1.29, 1.82) is 0 Å². The largest absolute Gasteiger partial charge is 0.491 e. The van der Waals surface area contributed by atoms with Crippen molar-refractivity contribution in [2.24, 2.45) is 0 Å². The van der Waals surface area contributed by atoms with Gasteiger partial charge in [0.15, 0.2) is 0 Å². The molecule has 0 aliphatic carbocycles. The zero-order valence-electron chi connectivity index (χ0n) is 14.5. The van der Waals surface area contributed by atoms with Gasteiger partial charge in [0.2, 0.25) is 0 Å². The summed E-state index contributed by atoms with van der Waals surface area (Å²) in [7, 11) is 0. The number of nitrogens with one attached hydrogen (secondary N) is 2. The van der Waals surface area contributed by atoms with Crippen LogP contribution >= 0.6 is 0 Å². The van der Waals surface area contributed by atoms with E-state index >= 15 is 0 Å². The summed E-state index contributed by atoms with van der Waals surface area (Å²) in [5.41, 5.74) is 4.55. The highest BCUT2D eigenvalue weighted by atomic mass is 16.5. The average Bonchev–Trinajstić information content (AvgIpc) is 3.21. The van der Waals surface area contributed by atoms with Crippen LogP contribution in [0.4, 0.5) is 0 Å². The predicted molar refractivity (Wildman–Crippen MR) is 99.0 cm³/mol. The lowest BCUT2D eigenvalue weighted by molar-refractivity contribution is 0.193. The molecule has 0 aliphatic heterocycles. The Morgan fingerprint density at radius 3 is 2.72 bits per heavy atom. The minimum atomic E-state index is -0.903. The molecule has 2 heterocycles. The predicted octanol–water partition coefficient (Wildman–Crippen LogP) is 4.22. The molecule has 3 N–H and O–H groups in total.